The summed E-state index contributed by atoms with van der Waals surface area (Å²) in [6.07, 6.45) is 3.79. The van der Waals surface area contributed by atoms with Gasteiger partial charge in [-0.3, -0.25) is 9.89 Å². The molecule has 7 nitrogen and oxygen atoms in total. The molecule has 0 aliphatic heterocycles. The van der Waals surface area contributed by atoms with Crippen LogP contribution in [0.5, 0.6) is 0 Å². The lowest BCUT2D eigenvalue weighted by atomic mass is 10.0. The maximum Gasteiger partial charge on any atom is 0.328 e. The molecule has 2 aromatic heterocycles. The van der Waals surface area contributed by atoms with Gasteiger partial charge in [0.25, 0.3) is 5.91 Å². The summed E-state index contributed by atoms with van der Waals surface area (Å²) in [5.41, 5.74) is 2.91. The Labute approximate surface area is 168 Å². The highest BCUT2D eigenvalue weighted by Crippen LogP contribution is 2.24. The van der Waals surface area contributed by atoms with Crippen LogP contribution in [-0.2, 0) is 16.0 Å². The topological polar surface area (TPSA) is 99.9 Å². The molecule has 0 saturated carbocycles. The monoisotopic (exact) mass is 440 g/mol. The van der Waals surface area contributed by atoms with E-state index in [0.29, 0.717) is 17.5 Å². The van der Waals surface area contributed by atoms with Crippen LogP contribution in [0.15, 0.2) is 53.3 Å². The van der Waals surface area contributed by atoms with Gasteiger partial charge >= 0.3 is 5.97 Å². The molecule has 4 aromatic rings. The highest BCUT2D eigenvalue weighted by atomic mass is 79.9. The van der Waals surface area contributed by atoms with Crippen molar-refractivity contribution in [2.24, 2.45) is 0 Å². The Morgan fingerprint density at radius 1 is 1.29 bits per heavy atom. The normalized spacial score (nSPS) is 12.2. The van der Waals surface area contributed by atoms with Crippen LogP contribution < -0.4 is 5.32 Å². The number of hydrogen-bond acceptors (Lipinski definition) is 4. The zero-order valence-electron chi connectivity index (χ0n) is 15.0. The van der Waals surface area contributed by atoms with Crippen molar-refractivity contribution in [1.82, 2.24) is 20.5 Å². The molecule has 0 aliphatic rings. The summed E-state index contributed by atoms with van der Waals surface area (Å²) < 4.78 is 5.85. The number of carbonyl (C=O) groups excluding carboxylic acids is 2. The molecule has 8 heteroatoms. The van der Waals surface area contributed by atoms with Gasteiger partial charge in [0.2, 0.25) is 0 Å². The van der Waals surface area contributed by atoms with E-state index in [0.717, 1.165) is 26.3 Å². The van der Waals surface area contributed by atoms with Crippen molar-refractivity contribution < 1.29 is 14.3 Å². The average molecular weight is 441 g/mol. The number of hydrogen-bond donors (Lipinski definition) is 3. The van der Waals surface area contributed by atoms with Gasteiger partial charge in [-0.15, -0.1) is 0 Å². The molecule has 1 amide bonds. The molecule has 0 bridgehead atoms. The standard InChI is InChI=1S/C20H17BrN4O3/c1-28-20(27)17(7-12-9-22-16-6-5-13(21)8-15(12)16)24-19(26)14-4-2-3-11-10-23-25-18(11)14/h2-6,8-10,17,22H,7H2,1H3,(H,23,25)(H,24,26)/t17-/m1/s1. The van der Waals surface area contributed by atoms with E-state index in [1.165, 1.54) is 7.11 Å². The lowest BCUT2D eigenvalue weighted by Crippen LogP contribution is -2.43. The summed E-state index contributed by atoms with van der Waals surface area (Å²) >= 11 is 3.47. The van der Waals surface area contributed by atoms with Gasteiger partial charge in [-0.25, -0.2) is 4.79 Å². The van der Waals surface area contributed by atoms with Crippen molar-refractivity contribution in [3.8, 4) is 0 Å². The third kappa shape index (κ3) is 3.38. The zero-order chi connectivity index (χ0) is 19.7. The Hall–Kier alpha value is -3.13. The molecule has 28 heavy (non-hydrogen) atoms. The van der Waals surface area contributed by atoms with Crippen LogP contribution in [0.25, 0.3) is 21.8 Å². The molecule has 0 saturated heterocycles. The van der Waals surface area contributed by atoms with Gasteiger partial charge < -0.3 is 15.0 Å². The van der Waals surface area contributed by atoms with Crippen LogP contribution in [0.1, 0.15) is 15.9 Å². The number of nitrogens with one attached hydrogen (secondary N) is 3. The quantitative estimate of drug-likeness (QED) is 0.414. The molecule has 2 heterocycles. The third-order valence-electron chi connectivity index (χ3n) is 4.67. The van der Waals surface area contributed by atoms with E-state index in [-0.39, 0.29) is 5.91 Å². The second kappa shape index (κ2) is 7.47. The Bertz CT molecular complexity index is 1180. The number of methoxy groups -OCH3 is 1. The smallest absolute Gasteiger partial charge is 0.328 e. The lowest BCUT2D eigenvalue weighted by molar-refractivity contribution is -0.142. The van der Waals surface area contributed by atoms with Crippen molar-refractivity contribution >= 4 is 49.6 Å². The minimum Gasteiger partial charge on any atom is -0.467 e. The van der Waals surface area contributed by atoms with Crippen LogP contribution in [0.4, 0.5) is 0 Å². The SMILES string of the molecule is COC(=O)[C@@H](Cc1c[nH]c2ccc(Br)cc12)NC(=O)c1cccc2cn[nH]c12. The van der Waals surface area contributed by atoms with E-state index >= 15 is 0 Å². The van der Waals surface area contributed by atoms with Crippen molar-refractivity contribution in [2.75, 3.05) is 7.11 Å². The first-order valence-corrected chi connectivity index (χ1v) is 9.42. The number of esters is 1. The maximum absolute atomic E-state index is 12.9. The molecule has 0 spiro atoms. The highest BCUT2D eigenvalue weighted by Gasteiger charge is 2.25. The number of carbonyl (C=O) groups is 2. The number of fused-ring (bicyclic) bond motifs is 2. The second-order valence-electron chi connectivity index (χ2n) is 6.40. The number of halogens is 1. The predicted octanol–water partition coefficient (Wildman–Crippen LogP) is 3.32. The van der Waals surface area contributed by atoms with Crippen LogP contribution in [-0.4, -0.2) is 40.2 Å². The number of rotatable bonds is 5. The number of ether oxygens (including phenoxy) is 1. The molecule has 2 aromatic carbocycles. The number of para-hydroxylation sites is 1. The summed E-state index contributed by atoms with van der Waals surface area (Å²) in [4.78, 5) is 28.4. The molecule has 0 aliphatic carbocycles. The Morgan fingerprint density at radius 3 is 2.96 bits per heavy atom. The van der Waals surface area contributed by atoms with Gasteiger partial charge in [-0.2, -0.15) is 5.10 Å². The van der Waals surface area contributed by atoms with Gasteiger partial charge in [0.1, 0.15) is 6.04 Å². The van der Waals surface area contributed by atoms with Crippen molar-refractivity contribution in [1.29, 1.82) is 0 Å². The van der Waals surface area contributed by atoms with E-state index in [4.69, 9.17) is 4.74 Å². The molecule has 3 N–H and O–H groups in total. The minimum absolute atomic E-state index is 0.299. The summed E-state index contributed by atoms with van der Waals surface area (Å²) in [5.74, 6) is -0.874. The molecule has 0 fully saturated rings. The predicted molar refractivity (Wildman–Crippen MR) is 109 cm³/mol. The summed E-state index contributed by atoms with van der Waals surface area (Å²) in [6.45, 7) is 0. The fourth-order valence-corrected chi connectivity index (χ4v) is 3.63. The van der Waals surface area contributed by atoms with E-state index in [1.807, 2.05) is 30.5 Å². The number of H-pyrrole nitrogens is 2. The molecule has 4 rings (SSSR count). The van der Waals surface area contributed by atoms with Gasteiger partial charge in [-0.05, 0) is 29.8 Å². The summed E-state index contributed by atoms with van der Waals surface area (Å²) in [7, 11) is 1.31. The van der Waals surface area contributed by atoms with E-state index < -0.39 is 12.0 Å². The Morgan fingerprint density at radius 2 is 2.14 bits per heavy atom. The van der Waals surface area contributed by atoms with Crippen LogP contribution in [0, 0.1) is 0 Å². The zero-order valence-corrected chi connectivity index (χ0v) is 16.5. The highest BCUT2D eigenvalue weighted by molar-refractivity contribution is 9.10. The van der Waals surface area contributed by atoms with Crippen LogP contribution in [0.3, 0.4) is 0 Å². The van der Waals surface area contributed by atoms with Crippen LogP contribution >= 0.6 is 15.9 Å². The molecule has 142 valence electrons. The third-order valence-corrected chi connectivity index (χ3v) is 5.16. The van der Waals surface area contributed by atoms with Gasteiger partial charge in [0.15, 0.2) is 0 Å². The molecule has 0 radical (unpaired) electrons. The lowest BCUT2D eigenvalue weighted by Gasteiger charge is -2.16. The van der Waals surface area contributed by atoms with Crippen LogP contribution in [0.2, 0.25) is 0 Å². The van der Waals surface area contributed by atoms with Gasteiger partial charge in [0.05, 0.1) is 24.4 Å². The van der Waals surface area contributed by atoms with Crippen molar-refractivity contribution in [3.05, 3.63) is 64.4 Å². The number of nitrogens with zero attached hydrogens (tertiary/aromatic N) is 1. The van der Waals surface area contributed by atoms with E-state index in [2.05, 4.69) is 36.4 Å². The Balaban J connectivity index is 1.63. The minimum atomic E-state index is -0.825. The first-order chi connectivity index (χ1) is 13.6. The van der Waals surface area contributed by atoms with Gasteiger partial charge in [0, 0.05) is 33.4 Å². The van der Waals surface area contributed by atoms with Crippen molar-refractivity contribution in [2.45, 2.75) is 12.5 Å². The first kappa shape index (κ1) is 18.2. The number of aromatic nitrogens is 3. The summed E-state index contributed by atoms with van der Waals surface area (Å²) in [6, 6.07) is 10.4. The number of benzene rings is 2. The fourth-order valence-electron chi connectivity index (χ4n) is 3.27. The number of amides is 1. The summed E-state index contributed by atoms with van der Waals surface area (Å²) in [5, 5.41) is 11.4. The van der Waals surface area contributed by atoms with E-state index in [9.17, 15) is 9.59 Å². The second-order valence-corrected chi connectivity index (χ2v) is 7.31. The molecule has 0 unspecified atom stereocenters. The van der Waals surface area contributed by atoms with Crippen molar-refractivity contribution in [3.63, 3.8) is 0 Å². The largest absolute Gasteiger partial charge is 0.467 e. The maximum atomic E-state index is 12.9. The Kier molecular flexibility index (Phi) is 4.87. The molecular formula is C20H17BrN4O3. The average Bonchev–Trinajstić information content (AvgIpc) is 3.33. The fraction of sp³-hybridized carbons (Fsp3) is 0.150. The molecular weight excluding hydrogens is 424 g/mol. The number of aromatic amines is 2. The van der Waals surface area contributed by atoms with Gasteiger partial charge in [-0.1, -0.05) is 28.1 Å². The molecule has 1 atom stereocenters. The van der Waals surface area contributed by atoms with E-state index in [1.54, 1.807) is 18.3 Å². The first-order valence-electron chi connectivity index (χ1n) is 8.63.